The van der Waals surface area contributed by atoms with Gasteiger partial charge in [-0.2, -0.15) is 0 Å². The second-order valence-electron chi connectivity index (χ2n) is 5.60. The minimum Gasteiger partial charge on any atom is -0.464 e. The van der Waals surface area contributed by atoms with Crippen molar-refractivity contribution in [2.75, 3.05) is 40.3 Å². The van der Waals surface area contributed by atoms with Crippen molar-refractivity contribution in [3.05, 3.63) is 10.1 Å². The maximum atomic E-state index is 12.0. The molecule has 0 aromatic heterocycles. The lowest BCUT2D eigenvalue weighted by Gasteiger charge is -2.35. The summed E-state index contributed by atoms with van der Waals surface area (Å²) in [5.41, 5.74) is -1.66. The number of piperidine rings is 1. The largest absolute Gasteiger partial charge is 0.464 e. The third-order valence-corrected chi connectivity index (χ3v) is 4.18. The second-order valence-corrected chi connectivity index (χ2v) is 5.60. The molecule has 124 valence electrons. The smallest absolute Gasteiger partial charge is 0.387 e. The van der Waals surface area contributed by atoms with Crippen LogP contribution < -0.4 is 0 Å². The molecule has 21 heavy (non-hydrogen) atoms. The van der Waals surface area contributed by atoms with Gasteiger partial charge in [-0.3, -0.25) is 19.9 Å². The number of carbonyl (C=O) groups excluding carboxylic acids is 1. The van der Waals surface area contributed by atoms with Gasteiger partial charge in [-0.1, -0.05) is 6.42 Å². The molecular formula is C12H23Cl2N3O4. The molecule has 0 radical (unpaired) electrons. The number of ether oxygens (including phenoxy) is 1. The molecule has 2 saturated heterocycles. The molecule has 0 saturated carbocycles. The molecule has 0 amide bonds. The van der Waals surface area contributed by atoms with Gasteiger partial charge in [-0.05, 0) is 26.4 Å². The van der Waals surface area contributed by atoms with E-state index in [0.29, 0.717) is 6.04 Å². The van der Waals surface area contributed by atoms with Crippen LogP contribution in [-0.2, 0) is 9.53 Å². The molecule has 0 spiro atoms. The van der Waals surface area contributed by atoms with Crippen LogP contribution in [0.15, 0.2) is 0 Å². The van der Waals surface area contributed by atoms with Crippen LogP contribution in [0.4, 0.5) is 0 Å². The maximum Gasteiger partial charge on any atom is 0.387 e. The van der Waals surface area contributed by atoms with Gasteiger partial charge in [0, 0.05) is 17.5 Å². The fraction of sp³-hybridized carbons (Fsp3) is 0.917. The number of hydrogen-bond acceptors (Lipinski definition) is 6. The zero-order valence-corrected chi connectivity index (χ0v) is 14.0. The quantitative estimate of drug-likeness (QED) is 0.419. The van der Waals surface area contributed by atoms with E-state index in [0.717, 1.165) is 32.4 Å². The molecule has 2 atom stereocenters. The lowest BCUT2D eigenvalue weighted by molar-refractivity contribution is -0.555. The van der Waals surface area contributed by atoms with E-state index in [1.165, 1.54) is 7.11 Å². The van der Waals surface area contributed by atoms with E-state index in [4.69, 9.17) is 4.74 Å². The van der Waals surface area contributed by atoms with E-state index in [-0.39, 0.29) is 37.9 Å². The predicted molar refractivity (Wildman–Crippen MR) is 82.9 cm³/mol. The minimum absolute atomic E-state index is 0. The molecule has 2 unspecified atom stereocenters. The third-order valence-electron chi connectivity index (χ3n) is 4.18. The van der Waals surface area contributed by atoms with Crippen LogP contribution >= 0.6 is 24.8 Å². The molecule has 0 aromatic rings. The number of fused-ring (bicyclic) bond motifs is 1. The summed E-state index contributed by atoms with van der Waals surface area (Å²) in [7, 11) is 3.05. The van der Waals surface area contributed by atoms with Crippen molar-refractivity contribution in [1.29, 1.82) is 0 Å². The first-order valence-electron chi connectivity index (χ1n) is 6.65. The Kier molecular flexibility index (Phi) is 7.88. The molecular weight excluding hydrogens is 321 g/mol. The second kappa shape index (κ2) is 8.12. The van der Waals surface area contributed by atoms with Gasteiger partial charge in [0.1, 0.15) is 0 Å². The highest BCUT2D eigenvalue weighted by Gasteiger charge is 2.56. The first-order valence-corrected chi connectivity index (χ1v) is 6.65. The highest BCUT2D eigenvalue weighted by molar-refractivity contribution is 5.85. The molecule has 2 fully saturated rings. The van der Waals surface area contributed by atoms with E-state index < -0.39 is 16.4 Å². The Labute approximate surface area is 136 Å². The summed E-state index contributed by atoms with van der Waals surface area (Å²) >= 11 is 0. The Morgan fingerprint density at radius 3 is 2.57 bits per heavy atom. The first kappa shape index (κ1) is 20.4. The van der Waals surface area contributed by atoms with E-state index in [1.54, 1.807) is 0 Å². The lowest BCUT2D eigenvalue weighted by Crippen LogP contribution is -2.59. The van der Waals surface area contributed by atoms with E-state index in [1.807, 2.05) is 11.9 Å². The summed E-state index contributed by atoms with van der Waals surface area (Å²) < 4.78 is 4.70. The van der Waals surface area contributed by atoms with Crippen molar-refractivity contribution in [2.45, 2.75) is 30.8 Å². The standard InChI is InChI=1S/C12H21N3O4.2ClH/c1-13-7-10-5-3-4-6-14(10)9-12(8-13,15(17)18)11(16)19-2;;/h10H,3-9H2,1-2H3;2*1H. The van der Waals surface area contributed by atoms with Crippen molar-refractivity contribution in [2.24, 2.45) is 0 Å². The summed E-state index contributed by atoms with van der Waals surface area (Å²) in [6.45, 7) is 1.86. The fourth-order valence-corrected chi connectivity index (χ4v) is 3.24. The first-order chi connectivity index (χ1) is 8.99. The van der Waals surface area contributed by atoms with Crippen molar-refractivity contribution >= 4 is 30.8 Å². The van der Waals surface area contributed by atoms with Crippen molar-refractivity contribution in [3.63, 3.8) is 0 Å². The summed E-state index contributed by atoms with van der Waals surface area (Å²) in [5.74, 6) is -0.740. The van der Waals surface area contributed by atoms with Crippen molar-refractivity contribution < 1.29 is 14.5 Å². The van der Waals surface area contributed by atoms with Crippen LogP contribution in [-0.4, -0.2) is 72.6 Å². The van der Waals surface area contributed by atoms with Crippen LogP contribution in [0.1, 0.15) is 19.3 Å². The van der Waals surface area contributed by atoms with Gasteiger partial charge >= 0.3 is 11.5 Å². The zero-order chi connectivity index (χ0) is 14.0. The Balaban J connectivity index is 0.00000200. The Bertz CT molecular complexity index is 386. The van der Waals surface area contributed by atoms with Crippen LogP contribution in [0.3, 0.4) is 0 Å². The number of rotatable bonds is 2. The van der Waals surface area contributed by atoms with Crippen LogP contribution in [0.2, 0.25) is 0 Å². The lowest BCUT2D eigenvalue weighted by atomic mass is 9.97. The molecule has 0 N–H and O–H groups in total. The predicted octanol–water partition coefficient (Wildman–Crippen LogP) is 0.818. The molecule has 2 aliphatic heterocycles. The molecule has 2 rings (SSSR count). The van der Waals surface area contributed by atoms with Crippen molar-refractivity contribution in [1.82, 2.24) is 9.80 Å². The summed E-state index contributed by atoms with van der Waals surface area (Å²) in [6.07, 6.45) is 3.23. The molecule has 9 heteroatoms. The van der Waals surface area contributed by atoms with Gasteiger partial charge in [-0.25, -0.2) is 4.79 Å². The number of nitro groups is 1. The SMILES string of the molecule is COC(=O)C1([N+](=O)[O-])CN(C)CC2CCCCN2C1.Cl.Cl. The normalized spacial score (nSPS) is 30.1. The van der Waals surface area contributed by atoms with E-state index in [9.17, 15) is 14.9 Å². The van der Waals surface area contributed by atoms with Gasteiger partial charge in [0.05, 0.1) is 20.2 Å². The zero-order valence-electron chi connectivity index (χ0n) is 12.3. The van der Waals surface area contributed by atoms with Crippen LogP contribution in [0.5, 0.6) is 0 Å². The molecule has 0 aliphatic carbocycles. The Morgan fingerprint density at radius 1 is 1.33 bits per heavy atom. The fourth-order valence-electron chi connectivity index (χ4n) is 3.24. The topological polar surface area (TPSA) is 75.9 Å². The molecule has 0 aromatic carbocycles. The van der Waals surface area contributed by atoms with Gasteiger partial charge < -0.3 is 4.74 Å². The highest BCUT2D eigenvalue weighted by Crippen LogP contribution is 2.27. The molecule has 0 bridgehead atoms. The summed E-state index contributed by atoms with van der Waals surface area (Å²) in [4.78, 5) is 27.0. The minimum atomic E-state index is -1.66. The number of halogens is 2. The van der Waals surface area contributed by atoms with Crippen LogP contribution in [0.25, 0.3) is 0 Å². The average Bonchev–Trinajstić information content (AvgIpc) is 2.53. The number of likely N-dealkylation sites (N-methyl/N-ethyl adjacent to an activating group) is 1. The third kappa shape index (κ3) is 3.97. The Morgan fingerprint density at radius 2 is 2.00 bits per heavy atom. The average molecular weight is 344 g/mol. The number of nitrogens with zero attached hydrogens (tertiary/aromatic N) is 3. The highest BCUT2D eigenvalue weighted by atomic mass is 35.5. The van der Waals surface area contributed by atoms with Crippen LogP contribution in [0, 0.1) is 10.1 Å². The summed E-state index contributed by atoms with van der Waals surface area (Å²) in [5, 5.41) is 11.5. The molecule has 2 aliphatic rings. The van der Waals surface area contributed by atoms with Gasteiger partial charge in [0.25, 0.3) is 0 Å². The van der Waals surface area contributed by atoms with Gasteiger partial charge in [0.2, 0.25) is 0 Å². The number of methoxy groups -OCH3 is 1. The van der Waals surface area contributed by atoms with Crippen molar-refractivity contribution in [3.8, 4) is 0 Å². The molecule has 2 heterocycles. The number of hydrogen-bond donors (Lipinski definition) is 0. The maximum absolute atomic E-state index is 12.0. The Hall–Kier alpha value is -0.630. The van der Waals surface area contributed by atoms with Gasteiger partial charge in [0.15, 0.2) is 0 Å². The summed E-state index contributed by atoms with van der Waals surface area (Å²) in [6, 6.07) is 0.310. The van der Waals surface area contributed by atoms with Gasteiger partial charge in [-0.15, -0.1) is 24.8 Å². The number of carbonyl (C=O) groups is 1. The molecule has 7 nitrogen and oxygen atoms in total. The monoisotopic (exact) mass is 343 g/mol. The van der Waals surface area contributed by atoms with E-state index >= 15 is 0 Å². The van der Waals surface area contributed by atoms with E-state index in [2.05, 4.69) is 4.90 Å². The number of esters is 1.